The monoisotopic (exact) mass is 494 g/mol. The number of nitrogens with one attached hydrogen (secondary N) is 1. The summed E-state index contributed by atoms with van der Waals surface area (Å²) in [4.78, 5) is 12.4. The Labute approximate surface area is 187 Å². The topological polar surface area (TPSA) is 69.0 Å². The number of halogens is 2. The molecule has 0 atom stereocenters. The standard InChI is InChI=1S/C20H20BrClN4O2S/c1-12-8-14(21)16(9-13(12)2)23-19(27)11-29-20-25-24-18(26(20)3)10-28-17-7-5-4-6-15(17)22/h4-9H,10-11H2,1-3H3,(H,23,27). The molecule has 152 valence electrons. The van der Waals surface area contributed by atoms with Crippen molar-refractivity contribution in [3.63, 3.8) is 0 Å². The Morgan fingerprint density at radius 2 is 1.97 bits per heavy atom. The first kappa shape index (κ1) is 21.7. The van der Waals surface area contributed by atoms with Crippen LogP contribution in [0.4, 0.5) is 5.69 Å². The second-order valence-electron chi connectivity index (χ2n) is 6.43. The van der Waals surface area contributed by atoms with E-state index in [1.165, 1.54) is 11.8 Å². The highest BCUT2D eigenvalue weighted by Gasteiger charge is 2.14. The number of aryl methyl sites for hydroxylation is 2. The van der Waals surface area contributed by atoms with Gasteiger partial charge in [0.2, 0.25) is 5.91 Å². The van der Waals surface area contributed by atoms with Gasteiger partial charge in [0.25, 0.3) is 0 Å². The molecule has 2 aromatic carbocycles. The number of para-hydroxylation sites is 1. The summed E-state index contributed by atoms with van der Waals surface area (Å²) in [6.07, 6.45) is 0. The molecule has 9 heteroatoms. The summed E-state index contributed by atoms with van der Waals surface area (Å²) in [6.45, 7) is 4.27. The van der Waals surface area contributed by atoms with E-state index in [-0.39, 0.29) is 18.3 Å². The first-order chi connectivity index (χ1) is 13.8. The van der Waals surface area contributed by atoms with Gasteiger partial charge in [-0.15, -0.1) is 10.2 Å². The van der Waals surface area contributed by atoms with Gasteiger partial charge in [0, 0.05) is 11.5 Å². The third kappa shape index (κ3) is 5.52. The van der Waals surface area contributed by atoms with Crippen molar-refractivity contribution in [3.8, 4) is 5.75 Å². The van der Waals surface area contributed by atoms with Gasteiger partial charge in [-0.25, -0.2) is 0 Å². The first-order valence-corrected chi connectivity index (χ1v) is 11.0. The Morgan fingerprint density at radius 1 is 1.24 bits per heavy atom. The highest BCUT2D eigenvalue weighted by atomic mass is 79.9. The fourth-order valence-corrected chi connectivity index (χ4v) is 3.97. The smallest absolute Gasteiger partial charge is 0.234 e. The lowest BCUT2D eigenvalue weighted by Crippen LogP contribution is -2.15. The summed E-state index contributed by atoms with van der Waals surface area (Å²) >= 11 is 10.9. The number of thioether (sulfide) groups is 1. The average molecular weight is 496 g/mol. The number of hydrogen-bond acceptors (Lipinski definition) is 5. The van der Waals surface area contributed by atoms with Crippen molar-refractivity contribution >= 4 is 50.9 Å². The molecule has 0 saturated carbocycles. The Kier molecular flexibility index (Phi) is 7.21. The van der Waals surface area contributed by atoms with E-state index in [1.807, 2.05) is 45.2 Å². The third-order valence-corrected chi connectivity index (χ3v) is 6.30. The molecule has 1 aromatic heterocycles. The molecule has 0 aliphatic heterocycles. The summed E-state index contributed by atoms with van der Waals surface area (Å²) in [5.41, 5.74) is 3.04. The molecular weight excluding hydrogens is 476 g/mol. The lowest BCUT2D eigenvalue weighted by atomic mass is 10.1. The maximum Gasteiger partial charge on any atom is 0.234 e. The van der Waals surface area contributed by atoms with Crippen LogP contribution in [0.25, 0.3) is 0 Å². The van der Waals surface area contributed by atoms with Crippen molar-refractivity contribution in [2.45, 2.75) is 25.6 Å². The van der Waals surface area contributed by atoms with Crippen molar-refractivity contribution < 1.29 is 9.53 Å². The van der Waals surface area contributed by atoms with Crippen LogP contribution in [-0.2, 0) is 18.4 Å². The van der Waals surface area contributed by atoms with E-state index in [0.29, 0.717) is 21.8 Å². The molecule has 0 saturated heterocycles. The second kappa shape index (κ2) is 9.65. The highest BCUT2D eigenvalue weighted by molar-refractivity contribution is 9.10. The van der Waals surface area contributed by atoms with Crippen LogP contribution in [0.3, 0.4) is 0 Å². The number of nitrogens with zero attached hydrogens (tertiary/aromatic N) is 3. The van der Waals surface area contributed by atoms with E-state index in [2.05, 4.69) is 31.4 Å². The number of ether oxygens (including phenoxy) is 1. The number of carbonyl (C=O) groups excluding carboxylic acids is 1. The fraction of sp³-hybridized carbons (Fsp3) is 0.250. The first-order valence-electron chi connectivity index (χ1n) is 8.80. The highest BCUT2D eigenvalue weighted by Crippen LogP contribution is 2.27. The van der Waals surface area contributed by atoms with E-state index in [4.69, 9.17) is 16.3 Å². The van der Waals surface area contributed by atoms with Crippen LogP contribution in [0.1, 0.15) is 17.0 Å². The quantitative estimate of drug-likeness (QED) is 0.459. The molecule has 6 nitrogen and oxygen atoms in total. The molecule has 0 bridgehead atoms. The Bertz CT molecular complexity index is 1040. The van der Waals surface area contributed by atoms with Gasteiger partial charge in [-0.1, -0.05) is 35.5 Å². The lowest BCUT2D eigenvalue weighted by molar-refractivity contribution is -0.113. The van der Waals surface area contributed by atoms with Crippen LogP contribution in [0.2, 0.25) is 5.02 Å². The number of aromatic nitrogens is 3. The van der Waals surface area contributed by atoms with Gasteiger partial charge in [-0.3, -0.25) is 4.79 Å². The summed E-state index contributed by atoms with van der Waals surface area (Å²) in [5.74, 6) is 1.33. The lowest BCUT2D eigenvalue weighted by Gasteiger charge is -2.10. The number of anilines is 1. The number of carbonyl (C=O) groups is 1. The predicted molar refractivity (Wildman–Crippen MR) is 120 cm³/mol. The Morgan fingerprint density at radius 3 is 2.72 bits per heavy atom. The van der Waals surface area contributed by atoms with Crippen molar-refractivity contribution in [1.82, 2.24) is 14.8 Å². The van der Waals surface area contributed by atoms with Gasteiger partial charge < -0.3 is 14.6 Å². The van der Waals surface area contributed by atoms with E-state index < -0.39 is 0 Å². The summed E-state index contributed by atoms with van der Waals surface area (Å²) in [7, 11) is 1.84. The molecule has 0 unspecified atom stereocenters. The predicted octanol–water partition coefficient (Wildman–Crippen LogP) is 5.16. The van der Waals surface area contributed by atoms with Crippen molar-refractivity contribution in [3.05, 3.63) is 62.8 Å². The summed E-state index contributed by atoms with van der Waals surface area (Å²) in [5, 5.41) is 12.4. The zero-order chi connectivity index (χ0) is 21.0. The molecule has 0 spiro atoms. The molecule has 3 rings (SSSR count). The maximum atomic E-state index is 12.4. The van der Waals surface area contributed by atoms with Crippen LogP contribution in [0, 0.1) is 13.8 Å². The van der Waals surface area contributed by atoms with Crippen LogP contribution < -0.4 is 10.1 Å². The van der Waals surface area contributed by atoms with Crippen molar-refractivity contribution in [1.29, 1.82) is 0 Å². The normalized spacial score (nSPS) is 10.8. The molecule has 0 fully saturated rings. The molecule has 1 heterocycles. The molecule has 0 aliphatic rings. The minimum atomic E-state index is -0.115. The largest absolute Gasteiger partial charge is 0.484 e. The zero-order valence-corrected chi connectivity index (χ0v) is 19.4. The molecule has 0 aliphatic carbocycles. The van der Waals surface area contributed by atoms with Gasteiger partial charge in [-0.05, 0) is 65.2 Å². The average Bonchev–Trinajstić information content (AvgIpc) is 3.03. The number of rotatable bonds is 7. The van der Waals surface area contributed by atoms with Gasteiger partial charge in [0.15, 0.2) is 11.0 Å². The van der Waals surface area contributed by atoms with Crippen molar-refractivity contribution in [2.24, 2.45) is 7.05 Å². The molecule has 3 aromatic rings. The SMILES string of the molecule is Cc1cc(Br)c(NC(=O)CSc2nnc(COc3ccccc3Cl)n2C)cc1C. The Hall–Kier alpha value is -2.03. The van der Waals surface area contributed by atoms with Crippen LogP contribution in [-0.4, -0.2) is 26.4 Å². The van der Waals surface area contributed by atoms with E-state index >= 15 is 0 Å². The van der Waals surface area contributed by atoms with E-state index in [9.17, 15) is 4.79 Å². The molecular formula is C20H20BrClN4O2S. The van der Waals surface area contributed by atoms with Gasteiger partial charge in [0.1, 0.15) is 12.4 Å². The minimum Gasteiger partial charge on any atom is -0.484 e. The number of amides is 1. The molecule has 0 radical (unpaired) electrons. The third-order valence-electron chi connectivity index (χ3n) is 4.31. The fourth-order valence-electron chi connectivity index (χ4n) is 2.49. The molecule has 29 heavy (non-hydrogen) atoms. The Balaban J connectivity index is 1.57. The van der Waals surface area contributed by atoms with E-state index in [0.717, 1.165) is 21.3 Å². The van der Waals surface area contributed by atoms with Crippen molar-refractivity contribution in [2.75, 3.05) is 11.1 Å². The number of hydrogen-bond donors (Lipinski definition) is 1. The van der Waals surface area contributed by atoms with Gasteiger partial charge >= 0.3 is 0 Å². The minimum absolute atomic E-state index is 0.115. The van der Waals surface area contributed by atoms with E-state index in [1.54, 1.807) is 16.7 Å². The van der Waals surface area contributed by atoms with Gasteiger partial charge in [-0.2, -0.15) is 0 Å². The summed E-state index contributed by atoms with van der Waals surface area (Å²) in [6, 6.07) is 11.2. The number of benzene rings is 2. The van der Waals surface area contributed by atoms with Crippen LogP contribution in [0.5, 0.6) is 5.75 Å². The van der Waals surface area contributed by atoms with Crippen LogP contribution >= 0.6 is 39.3 Å². The molecule has 1 N–H and O–H groups in total. The summed E-state index contributed by atoms with van der Waals surface area (Å²) < 4.78 is 8.37. The van der Waals surface area contributed by atoms with Crippen LogP contribution in [0.15, 0.2) is 46.0 Å². The zero-order valence-electron chi connectivity index (χ0n) is 16.2. The van der Waals surface area contributed by atoms with Gasteiger partial charge in [0.05, 0.1) is 16.5 Å². The molecule has 1 amide bonds. The second-order valence-corrected chi connectivity index (χ2v) is 8.63. The maximum absolute atomic E-state index is 12.4.